The molecule has 0 radical (unpaired) electrons. The Balaban J connectivity index is 2.78. The van der Waals surface area contributed by atoms with Crippen molar-refractivity contribution in [2.75, 3.05) is 20.3 Å². The Hall–Kier alpha value is -0.450. The third-order valence-corrected chi connectivity index (χ3v) is 2.79. The van der Waals surface area contributed by atoms with Crippen molar-refractivity contribution in [3.63, 3.8) is 0 Å². The van der Waals surface area contributed by atoms with E-state index in [-0.39, 0.29) is 11.9 Å². The molecule has 0 amide bonds. The number of hydrogen-bond donors (Lipinski definition) is 1. The topological polar surface area (TPSA) is 21.3 Å². The number of rotatable bonds is 5. The van der Waals surface area contributed by atoms with Gasteiger partial charge in [0.25, 0.3) is 0 Å². The van der Waals surface area contributed by atoms with E-state index in [1.807, 2.05) is 14.0 Å². The van der Waals surface area contributed by atoms with Gasteiger partial charge in [-0.1, -0.05) is 6.07 Å². The predicted octanol–water partition coefficient (Wildman–Crippen LogP) is 2.89. The minimum absolute atomic E-state index is 0.0989. The van der Waals surface area contributed by atoms with Crippen LogP contribution in [-0.4, -0.2) is 20.3 Å². The molecule has 0 fully saturated rings. The zero-order valence-corrected chi connectivity index (χ0v) is 10.5. The van der Waals surface area contributed by atoms with E-state index in [0.717, 1.165) is 5.56 Å². The van der Waals surface area contributed by atoms with E-state index in [4.69, 9.17) is 4.74 Å². The fourth-order valence-electron chi connectivity index (χ4n) is 1.31. The van der Waals surface area contributed by atoms with E-state index >= 15 is 0 Å². The van der Waals surface area contributed by atoms with Crippen LogP contribution in [0.5, 0.6) is 0 Å². The van der Waals surface area contributed by atoms with Crippen LogP contribution in [0.1, 0.15) is 18.5 Å². The SMILES string of the molecule is CCOCC(NC)c1ccc(F)c(Br)c1. The van der Waals surface area contributed by atoms with Crippen LogP contribution in [0.2, 0.25) is 0 Å². The molecule has 0 heterocycles. The molecule has 0 bridgehead atoms. The zero-order chi connectivity index (χ0) is 11.3. The summed E-state index contributed by atoms with van der Waals surface area (Å²) in [7, 11) is 1.86. The van der Waals surface area contributed by atoms with Crippen LogP contribution in [-0.2, 0) is 4.74 Å². The Morgan fingerprint density at radius 3 is 2.80 bits per heavy atom. The van der Waals surface area contributed by atoms with E-state index in [0.29, 0.717) is 17.7 Å². The zero-order valence-electron chi connectivity index (χ0n) is 8.89. The Labute approximate surface area is 98.0 Å². The molecule has 0 saturated carbocycles. The van der Waals surface area contributed by atoms with Crippen molar-refractivity contribution in [1.82, 2.24) is 5.32 Å². The third-order valence-electron chi connectivity index (χ3n) is 2.18. The molecular weight excluding hydrogens is 261 g/mol. The molecular formula is C11H15BrFNO. The molecule has 1 rings (SSSR count). The molecule has 1 atom stereocenters. The molecule has 0 aliphatic heterocycles. The van der Waals surface area contributed by atoms with E-state index in [1.165, 1.54) is 6.07 Å². The van der Waals surface area contributed by atoms with Crippen LogP contribution < -0.4 is 5.32 Å². The maximum atomic E-state index is 13.0. The van der Waals surface area contributed by atoms with Gasteiger partial charge in [0.1, 0.15) is 5.82 Å². The minimum Gasteiger partial charge on any atom is -0.380 e. The highest BCUT2D eigenvalue weighted by atomic mass is 79.9. The molecule has 1 unspecified atom stereocenters. The molecule has 2 nitrogen and oxygen atoms in total. The van der Waals surface area contributed by atoms with Gasteiger partial charge in [-0.3, -0.25) is 0 Å². The van der Waals surface area contributed by atoms with Gasteiger partial charge >= 0.3 is 0 Å². The lowest BCUT2D eigenvalue weighted by Crippen LogP contribution is -2.21. The third kappa shape index (κ3) is 3.55. The van der Waals surface area contributed by atoms with Crippen molar-refractivity contribution in [2.45, 2.75) is 13.0 Å². The Bertz CT molecular complexity index is 319. The van der Waals surface area contributed by atoms with Crippen molar-refractivity contribution in [1.29, 1.82) is 0 Å². The molecule has 0 spiro atoms. The molecule has 1 N–H and O–H groups in total. The normalized spacial score (nSPS) is 12.8. The highest BCUT2D eigenvalue weighted by Crippen LogP contribution is 2.21. The predicted molar refractivity (Wildman–Crippen MR) is 62.4 cm³/mol. The highest BCUT2D eigenvalue weighted by molar-refractivity contribution is 9.10. The Morgan fingerprint density at radius 1 is 1.53 bits per heavy atom. The van der Waals surface area contributed by atoms with Gasteiger partial charge in [0, 0.05) is 6.61 Å². The molecule has 84 valence electrons. The summed E-state index contributed by atoms with van der Waals surface area (Å²) in [5.74, 6) is -0.245. The summed E-state index contributed by atoms with van der Waals surface area (Å²) < 4.78 is 18.8. The second-order valence-corrected chi connectivity index (χ2v) is 4.03. The van der Waals surface area contributed by atoms with Gasteiger partial charge in [-0.05, 0) is 47.6 Å². The fourth-order valence-corrected chi connectivity index (χ4v) is 1.71. The summed E-state index contributed by atoms with van der Waals surface area (Å²) in [5.41, 5.74) is 1.01. The minimum atomic E-state index is -0.245. The molecule has 0 saturated heterocycles. The lowest BCUT2D eigenvalue weighted by Gasteiger charge is -2.16. The first-order chi connectivity index (χ1) is 7.19. The first-order valence-electron chi connectivity index (χ1n) is 4.89. The average Bonchev–Trinajstić information content (AvgIpc) is 2.24. The molecule has 4 heteroatoms. The lowest BCUT2D eigenvalue weighted by atomic mass is 10.1. The van der Waals surface area contributed by atoms with Gasteiger partial charge in [0.15, 0.2) is 0 Å². The Kier molecular flexibility index (Phi) is 5.22. The van der Waals surface area contributed by atoms with Gasteiger partial charge in [-0.2, -0.15) is 0 Å². The fraction of sp³-hybridized carbons (Fsp3) is 0.455. The van der Waals surface area contributed by atoms with Crippen molar-refractivity contribution < 1.29 is 9.13 Å². The van der Waals surface area contributed by atoms with Gasteiger partial charge < -0.3 is 10.1 Å². The summed E-state index contributed by atoms with van der Waals surface area (Å²) in [5, 5.41) is 3.13. The van der Waals surface area contributed by atoms with Gasteiger partial charge in [0.05, 0.1) is 17.1 Å². The quantitative estimate of drug-likeness (QED) is 0.892. The standard InChI is InChI=1S/C11H15BrFNO/c1-3-15-7-11(14-2)8-4-5-10(13)9(12)6-8/h4-6,11,14H,3,7H2,1-2H3. The smallest absolute Gasteiger partial charge is 0.137 e. The lowest BCUT2D eigenvalue weighted by molar-refractivity contribution is 0.125. The summed E-state index contributed by atoms with van der Waals surface area (Å²) in [6.45, 7) is 3.22. The number of nitrogens with one attached hydrogen (secondary N) is 1. The van der Waals surface area contributed by atoms with Crippen LogP contribution in [0.4, 0.5) is 4.39 Å². The van der Waals surface area contributed by atoms with Gasteiger partial charge in [0.2, 0.25) is 0 Å². The highest BCUT2D eigenvalue weighted by Gasteiger charge is 2.10. The Morgan fingerprint density at radius 2 is 2.27 bits per heavy atom. The molecule has 0 aliphatic carbocycles. The van der Waals surface area contributed by atoms with Crippen LogP contribution in [0, 0.1) is 5.82 Å². The first-order valence-corrected chi connectivity index (χ1v) is 5.68. The number of likely N-dealkylation sites (N-methyl/N-ethyl adjacent to an activating group) is 1. The van der Waals surface area contributed by atoms with Crippen LogP contribution >= 0.6 is 15.9 Å². The molecule has 1 aromatic rings. The average molecular weight is 276 g/mol. The number of halogens is 2. The van der Waals surface area contributed by atoms with Crippen molar-refractivity contribution >= 4 is 15.9 Å². The monoisotopic (exact) mass is 275 g/mol. The first kappa shape index (κ1) is 12.6. The summed E-state index contributed by atoms with van der Waals surface area (Å²) in [6.07, 6.45) is 0. The number of hydrogen-bond acceptors (Lipinski definition) is 2. The van der Waals surface area contributed by atoms with Crippen LogP contribution in [0.3, 0.4) is 0 Å². The van der Waals surface area contributed by atoms with Gasteiger partial charge in [-0.15, -0.1) is 0 Å². The molecule has 1 aromatic carbocycles. The number of benzene rings is 1. The van der Waals surface area contributed by atoms with E-state index in [2.05, 4.69) is 21.2 Å². The second-order valence-electron chi connectivity index (χ2n) is 3.17. The van der Waals surface area contributed by atoms with Crippen LogP contribution in [0.15, 0.2) is 22.7 Å². The van der Waals surface area contributed by atoms with E-state index in [1.54, 1.807) is 12.1 Å². The van der Waals surface area contributed by atoms with Crippen molar-refractivity contribution in [3.05, 3.63) is 34.1 Å². The largest absolute Gasteiger partial charge is 0.380 e. The van der Waals surface area contributed by atoms with Crippen molar-refractivity contribution in [3.8, 4) is 0 Å². The maximum absolute atomic E-state index is 13.0. The molecule has 15 heavy (non-hydrogen) atoms. The van der Waals surface area contributed by atoms with Crippen molar-refractivity contribution in [2.24, 2.45) is 0 Å². The van der Waals surface area contributed by atoms with Crippen LogP contribution in [0.25, 0.3) is 0 Å². The molecule has 0 aliphatic rings. The maximum Gasteiger partial charge on any atom is 0.137 e. The van der Waals surface area contributed by atoms with Gasteiger partial charge in [-0.25, -0.2) is 4.39 Å². The second kappa shape index (κ2) is 6.20. The van der Waals surface area contributed by atoms with E-state index in [9.17, 15) is 4.39 Å². The molecule has 0 aromatic heterocycles. The number of ether oxygens (including phenoxy) is 1. The van der Waals surface area contributed by atoms with E-state index < -0.39 is 0 Å². The summed E-state index contributed by atoms with van der Waals surface area (Å²) in [4.78, 5) is 0. The summed E-state index contributed by atoms with van der Waals surface area (Å²) in [6, 6.07) is 5.09. The summed E-state index contributed by atoms with van der Waals surface area (Å²) >= 11 is 3.17.